The third kappa shape index (κ3) is 1.84. The van der Waals surface area contributed by atoms with E-state index in [0.29, 0.717) is 10.6 Å². The van der Waals surface area contributed by atoms with Crippen LogP contribution in [0.2, 0.25) is 5.02 Å². The summed E-state index contributed by atoms with van der Waals surface area (Å²) in [6, 6.07) is 5.53. The minimum Gasteiger partial charge on any atom is -0.330 e. The lowest BCUT2D eigenvalue weighted by Crippen LogP contribution is -2.30. The lowest BCUT2D eigenvalue weighted by atomic mass is 10.1. The molecule has 4 rings (SSSR count). The van der Waals surface area contributed by atoms with Gasteiger partial charge in [-0.05, 0) is 31.1 Å². The fourth-order valence-electron chi connectivity index (χ4n) is 3.45. The predicted molar refractivity (Wildman–Crippen MR) is 86.5 cm³/mol. The molecule has 2 aromatic rings. The van der Waals surface area contributed by atoms with Gasteiger partial charge in [0.1, 0.15) is 6.33 Å². The summed E-state index contributed by atoms with van der Waals surface area (Å²) in [6.45, 7) is 0.739. The predicted octanol–water partition coefficient (Wildman–Crippen LogP) is 4.03. The molecule has 1 saturated heterocycles. The van der Waals surface area contributed by atoms with Gasteiger partial charge in [0.15, 0.2) is 0 Å². The van der Waals surface area contributed by atoms with Crippen LogP contribution in [0.3, 0.4) is 0 Å². The maximum Gasteiger partial charge on any atom is 0.258 e. The Hall–Kier alpha value is -1.78. The Bertz CT molecular complexity index is 797. The van der Waals surface area contributed by atoms with Crippen LogP contribution in [0.25, 0.3) is 11.8 Å². The number of rotatable bonds is 1. The SMILES string of the molecule is O=C1c2c(Cl)cccc2-n2cnc(C=CCl)c2[C@@H]2CCCN12. The van der Waals surface area contributed by atoms with Gasteiger partial charge in [0.2, 0.25) is 0 Å². The fraction of sp³-hybridized carbons (Fsp3) is 0.250. The molecule has 0 aliphatic carbocycles. The summed E-state index contributed by atoms with van der Waals surface area (Å²) in [6.07, 6.45) is 5.41. The second kappa shape index (κ2) is 5.14. The maximum atomic E-state index is 12.9. The first kappa shape index (κ1) is 13.9. The topological polar surface area (TPSA) is 38.1 Å². The number of nitrogens with zero attached hydrogens (tertiary/aromatic N) is 3. The first-order valence-electron chi connectivity index (χ1n) is 7.16. The van der Waals surface area contributed by atoms with Gasteiger partial charge in [0.05, 0.1) is 33.7 Å². The zero-order valence-electron chi connectivity index (χ0n) is 11.7. The Morgan fingerprint density at radius 2 is 2.23 bits per heavy atom. The van der Waals surface area contributed by atoms with Gasteiger partial charge in [-0.2, -0.15) is 0 Å². The van der Waals surface area contributed by atoms with Crippen molar-refractivity contribution in [3.8, 4) is 5.69 Å². The molecule has 1 fully saturated rings. The van der Waals surface area contributed by atoms with Crippen molar-refractivity contribution in [1.82, 2.24) is 14.5 Å². The van der Waals surface area contributed by atoms with E-state index in [4.69, 9.17) is 23.2 Å². The molecule has 4 nitrogen and oxygen atoms in total. The monoisotopic (exact) mass is 333 g/mol. The summed E-state index contributed by atoms with van der Waals surface area (Å²) >= 11 is 12.1. The highest BCUT2D eigenvalue weighted by Gasteiger charge is 2.39. The van der Waals surface area contributed by atoms with E-state index in [1.807, 2.05) is 21.6 Å². The van der Waals surface area contributed by atoms with Gasteiger partial charge in [-0.25, -0.2) is 4.98 Å². The molecule has 2 aliphatic rings. The van der Waals surface area contributed by atoms with E-state index in [-0.39, 0.29) is 11.9 Å². The van der Waals surface area contributed by atoms with Crippen LogP contribution in [0.15, 0.2) is 30.1 Å². The van der Waals surface area contributed by atoms with Gasteiger partial charge in [-0.1, -0.05) is 29.3 Å². The molecule has 0 N–H and O–H groups in total. The van der Waals surface area contributed by atoms with Crippen LogP contribution in [-0.2, 0) is 0 Å². The van der Waals surface area contributed by atoms with Crippen molar-refractivity contribution in [2.24, 2.45) is 0 Å². The molecule has 1 amide bonds. The fourth-order valence-corrected chi connectivity index (χ4v) is 3.82. The number of fused-ring (bicyclic) bond motifs is 5. The number of imidazole rings is 1. The summed E-state index contributed by atoms with van der Waals surface area (Å²) in [7, 11) is 0. The van der Waals surface area contributed by atoms with Gasteiger partial charge in [-0.3, -0.25) is 9.36 Å². The quantitative estimate of drug-likeness (QED) is 0.790. The van der Waals surface area contributed by atoms with E-state index in [9.17, 15) is 4.79 Å². The molecule has 1 aromatic carbocycles. The number of halogens is 2. The third-order valence-corrected chi connectivity index (χ3v) is 4.79. The normalized spacial score (nSPS) is 20.0. The molecule has 22 heavy (non-hydrogen) atoms. The molecule has 0 unspecified atom stereocenters. The lowest BCUT2D eigenvalue weighted by molar-refractivity contribution is 0.0739. The third-order valence-electron chi connectivity index (χ3n) is 4.35. The number of carbonyl (C=O) groups is 1. The summed E-state index contributed by atoms with van der Waals surface area (Å²) in [5.41, 5.74) is 4.59. The van der Waals surface area contributed by atoms with Gasteiger partial charge >= 0.3 is 0 Å². The van der Waals surface area contributed by atoms with Crippen molar-refractivity contribution in [1.29, 1.82) is 0 Å². The van der Waals surface area contributed by atoms with Gasteiger partial charge in [0.25, 0.3) is 5.91 Å². The Balaban J connectivity index is 2.05. The van der Waals surface area contributed by atoms with E-state index < -0.39 is 0 Å². The summed E-state index contributed by atoms with van der Waals surface area (Å²) in [4.78, 5) is 19.3. The lowest BCUT2D eigenvalue weighted by Gasteiger charge is -2.22. The number of aromatic nitrogens is 2. The molecular formula is C16H13Cl2N3O. The van der Waals surface area contributed by atoms with Crippen LogP contribution in [0, 0.1) is 0 Å². The molecule has 1 atom stereocenters. The largest absolute Gasteiger partial charge is 0.330 e. The van der Waals surface area contributed by atoms with E-state index in [0.717, 1.165) is 36.5 Å². The molecule has 1 aromatic heterocycles. The van der Waals surface area contributed by atoms with Crippen molar-refractivity contribution < 1.29 is 4.79 Å². The average Bonchev–Trinajstić information content (AvgIpc) is 3.11. The second-order valence-corrected chi connectivity index (χ2v) is 6.13. The number of amides is 1. The molecule has 6 heteroatoms. The minimum atomic E-state index is -0.00685. The smallest absolute Gasteiger partial charge is 0.258 e. The van der Waals surface area contributed by atoms with Crippen LogP contribution < -0.4 is 0 Å². The van der Waals surface area contributed by atoms with Crippen LogP contribution >= 0.6 is 23.2 Å². The molecule has 112 valence electrons. The number of hydrogen-bond acceptors (Lipinski definition) is 2. The molecule has 0 saturated carbocycles. The van der Waals surface area contributed by atoms with Crippen LogP contribution in [0.1, 0.15) is 40.6 Å². The molecule has 0 spiro atoms. The second-order valence-electron chi connectivity index (χ2n) is 5.47. The number of hydrogen-bond donors (Lipinski definition) is 0. The first-order chi connectivity index (χ1) is 10.7. The Kier molecular flexibility index (Phi) is 3.24. The Labute approximate surface area is 138 Å². The van der Waals surface area contributed by atoms with Gasteiger partial charge < -0.3 is 4.90 Å². The molecule has 0 radical (unpaired) electrons. The summed E-state index contributed by atoms with van der Waals surface area (Å²) in [5, 5.41) is 0.476. The highest BCUT2D eigenvalue weighted by Crippen LogP contribution is 2.41. The molecule has 0 bridgehead atoms. The zero-order valence-corrected chi connectivity index (χ0v) is 13.2. The van der Waals surface area contributed by atoms with Crippen LogP contribution in [0.5, 0.6) is 0 Å². The van der Waals surface area contributed by atoms with E-state index in [1.54, 1.807) is 18.5 Å². The average molecular weight is 334 g/mol. The van der Waals surface area contributed by atoms with Gasteiger partial charge in [0, 0.05) is 12.1 Å². The van der Waals surface area contributed by atoms with Crippen molar-refractivity contribution in [3.05, 3.63) is 52.0 Å². The van der Waals surface area contributed by atoms with Crippen LogP contribution in [-0.4, -0.2) is 26.9 Å². The number of carbonyl (C=O) groups excluding carboxylic acids is 1. The zero-order chi connectivity index (χ0) is 15.3. The Morgan fingerprint density at radius 1 is 1.36 bits per heavy atom. The van der Waals surface area contributed by atoms with E-state index in [1.165, 1.54) is 5.54 Å². The summed E-state index contributed by atoms with van der Waals surface area (Å²) < 4.78 is 1.97. The van der Waals surface area contributed by atoms with Crippen LogP contribution in [0.4, 0.5) is 0 Å². The van der Waals surface area contributed by atoms with Gasteiger partial charge in [-0.15, -0.1) is 0 Å². The van der Waals surface area contributed by atoms with Crippen molar-refractivity contribution in [3.63, 3.8) is 0 Å². The maximum absolute atomic E-state index is 12.9. The van der Waals surface area contributed by atoms with Crippen molar-refractivity contribution in [2.75, 3.05) is 6.54 Å². The van der Waals surface area contributed by atoms with Crippen molar-refractivity contribution >= 4 is 35.2 Å². The molecular weight excluding hydrogens is 321 g/mol. The van der Waals surface area contributed by atoms with E-state index in [2.05, 4.69) is 4.98 Å². The standard InChI is InChI=1S/C16H13Cl2N3O/c17-7-6-11-15-13-5-2-8-20(13)16(22)14-10(18)3-1-4-12(14)21(15)9-19-11/h1,3-4,6-7,9,13H,2,5,8H2/t13-/m0/s1. The summed E-state index contributed by atoms with van der Waals surface area (Å²) in [5.74, 6) is -0.00685. The van der Waals surface area contributed by atoms with Crippen molar-refractivity contribution in [2.45, 2.75) is 18.9 Å². The minimum absolute atomic E-state index is 0.00685. The highest BCUT2D eigenvalue weighted by molar-refractivity contribution is 6.34. The highest BCUT2D eigenvalue weighted by atomic mass is 35.5. The molecule has 3 heterocycles. The Morgan fingerprint density at radius 3 is 3.05 bits per heavy atom. The number of benzene rings is 1. The van der Waals surface area contributed by atoms with E-state index >= 15 is 0 Å². The molecule has 2 aliphatic heterocycles. The first-order valence-corrected chi connectivity index (χ1v) is 7.97.